The van der Waals surface area contributed by atoms with E-state index < -0.39 is 5.75 Å². The highest BCUT2D eigenvalue weighted by molar-refractivity contribution is 5.65. The topological polar surface area (TPSA) is 142 Å². The van der Waals surface area contributed by atoms with Crippen LogP contribution < -0.4 is 0 Å². The van der Waals surface area contributed by atoms with Gasteiger partial charge in [0.1, 0.15) is 0 Å². The molecule has 0 aromatic heterocycles. The lowest BCUT2D eigenvalue weighted by Gasteiger charge is -2.30. The molecule has 0 aliphatic heterocycles. The Labute approximate surface area is 197 Å². The van der Waals surface area contributed by atoms with E-state index in [-0.39, 0.29) is 50.7 Å². The number of aromatic hydroxyl groups is 7. The predicted octanol–water partition coefficient (Wildman–Crippen LogP) is 4.96. The van der Waals surface area contributed by atoms with Gasteiger partial charge in [0.15, 0.2) is 40.2 Å². The van der Waals surface area contributed by atoms with Crippen molar-refractivity contribution < 1.29 is 35.7 Å². The molecule has 0 fully saturated rings. The summed E-state index contributed by atoms with van der Waals surface area (Å²) in [4.78, 5) is 0. The van der Waals surface area contributed by atoms with E-state index in [0.717, 1.165) is 35.1 Å². The average molecular weight is 467 g/mol. The molecule has 5 rings (SSSR count). The van der Waals surface area contributed by atoms with Gasteiger partial charge in [0.05, 0.1) is 0 Å². The maximum Gasteiger partial charge on any atom is 0.200 e. The minimum Gasteiger partial charge on any atom is -0.504 e. The quantitative estimate of drug-likeness (QED) is 0.232. The number of para-hydroxylation sites is 1. The molecule has 0 bridgehead atoms. The normalized spacial score (nSPS) is 18.1. The molecule has 0 amide bonds. The second-order valence-electron chi connectivity index (χ2n) is 10.6. The SMILES string of the molecule is CC1(C)CC2(CC(C)(C)c3cc(O)c(O)cc32)c2cc(O)c(O)cc21.Oc1cccc(O)c1O. The van der Waals surface area contributed by atoms with Gasteiger partial charge in [0.25, 0.3) is 0 Å². The molecule has 3 aromatic carbocycles. The van der Waals surface area contributed by atoms with Crippen LogP contribution in [0.3, 0.4) is 0 Å². The summed E-state index contributed by atoms with van der Waals surface area (Å²) in [5, 5.41) is 66.4. The van der Waals surface area contributed by atoms with Gasteiger partial charge < -0.3 is 35.7 Å². The van der Waals surface area contributed by atoms with Crippen molar-refractivity contribution in [2.75, 3.05) is 0 Å². The Bertz CT molecular complexity index is 1190. The summed E-state index contributed by atoms with van der Waals surface area (Å²) in [6.07, 6.45) is 1.64. The van der Waals surface area contributed by atoms with Gasteiger partial charge in [-0.3, -0.25) is 0 Å². The van der Waals surface area contributed by atoms with Crippen molar-refractivity contribution in [3.05, 3.63) is 64.7 Å². The fourth-order valence-electron chi connectivity index (χ4n) is 5.87. The van der Waals surface area contributed by atoms with Crippen LogP contribution in [0.1, 0.15) is 62.8 Å². The third-order valence-corrected chi connectivity index (χ3v) is 7.20. The largest absolute Gasteiger partial charge is 0.504 e. The lowest BCUT2D eigenvalue weighted by atomic mass is 9.72. The number of rotatable bonds is 0. The predicted molar refractivity (Wildman–Crippen MR) is 127 cm³/mol. The number of benzene rings is 3. The van der Waals surface area contributed by atoms with Crippen molar-refractivity contribution in [1.82, 2.24) is 0 Å². The van der Waals surface area contributed by atoms with Crippen LogP contribution in [0.15, 0.2) is 42.5 Å². The molecule has 7 N–H and O–H groups in total. The maximum atomic E-state index is 10.1. The molecule has 0 saturated heterocycles. The molecule has 0 unspecified atom stereocenters. The standard InChI is InChI=1S/C21H24O4.C6H6O3/c1-19(2)9-21(13-7-17(24)15(22)5-11(13)19)10-20(3,4)12-6-16(23)18(25)8-14(12)21;7-4-2-1-3-5(8)6(4)9/h5-8,22-25H,9-10H2,1-4H3;1-3,7-9H. The fraction of sp³-hybridized carbons (Fsp3) is 0.333. The third-order valence-electron chi connectivity index (χ3n) is 7.20. The molecule has 2 aliphatic rings. The van der Waals surface area contributed by atoms with Gasteiger partial charge in [-0.2, -0.15) is 0 Å². The smallest absolute Gasteiger partial charge is 0.200 e. The van der Waals surface area contributed by atoms with Crippen LogP contribution >= 0.6 is 0 Å². The molecule has 2 aliphatic carbocycles. The van der Waals surface area contributed by atoms with E-state index in [1.807, 2.05) is 0 Å². The first-order valence-corrected chi connectivity index (χ1v) is 11.0. The summed E-state index contributed by atoms with van der Waals surface area (Å²) in [6.45, 7) is 8.56. The Morgan fingerprint density at radius 1 is 0.500 bits per heavy atom. The van der Waals surface area contributed by atoms with Crippen LogP contribution in [-0.2, 0) is 16.2 Å². The minimum absolute atomic E-state index is 0.102. The van der Waals surface area contributed by atoms with E-state index >= 15 is 0 Å². The Balaban J connectivity index is 0.000000257. The van der Waals surface area contributed by atoms with Gasteiger partial charge in [-0.05, 0) is 82.3 Å². The van der Waals surface area contributed by atoms with Crippen LogP contribution in [0.4, 0.5) is 0 Å². The second kappa shape index (κ2) is 7.38. The van der Waals surface area contributed by atoms with Gasteiger partial charge in [-0.25, -0.2) is 0 Å². The monoisotopic (exact) mass is 466 g/mol. The van der Waals surface area contributed by atoms with Gasteiger partial charge in [0.2, 0.25) is 0 Å². The molecular weight excluding hydrogens is 436 g/mol. The Kier molecular flexibility index (Phi) is 5.09. The van der Waals surface area contributed by atoms with Crippen LogP contribution in [0, 0.1) is 0 Å². The molecule has 180 valence electrons. The van der Waals surface area contributed by atoms with Gasteiger partial charge in [-0.1, -0.05) is 33.8 Å². The summed E-state index contributed by atoms with van der Waals surface area (Å²) >= 11 is 0. The lowest BCUT2D eigenvalue weighted by molar-refractivity contribution is 0.348. The van der Waals surface area contributed by atoms with Crippen LogP contribution in [0.25, 0.3) is 0 Å². The Morgan fingerprint density at radius 3 is 1.15 bits per heavy atom. The zero-order valence-corrected chi connectivity index (χ0v) is 19.6. The van der Waals surface area contributed by atoms with E-state index in [4.69, 9.17) is 15.3 Å². The molecule has 0 saturated carbocycles. The summed E-state index contributed by atoms with van der Waals surface area (Å²) in [5.74, 6) is -1.54. The first-order chi connectivity index (χ1) is 15.7. The highest BCUT2D eigenvalue weighted by Crippen LogP contribution is 2.64. The molecule has 7 heteroatoms. The molecule has 0 radical (unpaired) electrons. The van der Waals surface area contributed by atoms with E-state index in [9.17, 15) is 20.4 Å². The summed E-state index contributed by atoms with van der Waals surface area (Å²) in [5.41, 5.74) is 3.36. The van der Waals surface area contributed by atoms with E-state index in [1.165, 1.54) is 18.2 Å². The molecular formula is C27H30O7. The van der Waals surface area contributed by atoms with Crippen LogP contribution in [0.5, 0.6) is 40.2 Å². The van der Waals surface area contributed by atoms with Gasteiger partial charge >= 0.3 is 0 Å². The maximum absolute atomic E-state index is 10.1. The number of phenols is 7. The van der Waals surface area contributed by atoms with Crippen LogP contribution in [0.2, 0.25) is 0 Å². The Morgan fingerprint density at radius 2 is 0.824 bits per heavy atom. The fourth-order valence-corrected chi connectivity index (χ4v) is 5.87. The highest BCUT2D eigenvalue weighted by atomic mass is 16.3. The third kappa shape index (κ3) is 3.43. The van der Waals surface area contributed by atoms with Gasteiger partial charge in [-0.15, -0.1) is 0 Å². The van der Waals surface area contributed by atoms with Gasteiger partial charge in [0, 0.05) is 5.41 Å². The molecule has 34 heavy (non-hydrogen) atoms. The molecule has 3 aromatic rings. The van der Waals surface area contributed by atoms with E-state index in [2.05, 4.69) is 27.7 Å². The number of hydrogen-bond donors (Lipinski definition) is 7. The number of fused-ring (bicyclic) bond motifs is 4. The zero-order chi connectivity index (χ0) is 25.2. The second-order valence-corrected chi connectivity index (χ2v) is 10.6. The van der Waals surface area contributed by atoms with Crippen molar-refractivity contribution in [3.8, 4) is 40.2 Å². The highest BCUT2D eigenvalue weighted by Gasteiger charge is 2.56. The first-order valence-electron chi connectivity index (χ1n) is 11.0. The zero-order valence-electron chi connectivity index (χ0n) is 19.6. The van der Waals surface area contributed by atoms with Crippen molar-refractivity contribution >= 4 is 0 Å². The first kappa shape index (κ1) is 23.4. The summed E-state index contributed by atoms with van der Waals surface area (Å²) in [7, 11) is 0. The molecule has 7 nitrogen and oxygen atoms in total. The van der Waals surface area contributed by atoms with E-state index in [0.29, 0.717) is 0 Å². The number of hydrogen-bond acceptors (Lipinski definition) is 7. The van der Waals surface area contributed by atoms with E-state index in [1.54, 1.807) is 24.3 Å². The minimum atomic E-state index is -0.475. The average Bonchev–Trinajstić information content (AvgIpc) is 3.07. The van der Waals surface area contributed by atoms with Crippen LogP contribution in [-0.4, -0.2) is 35.7 Å². The van der Waals surface area contributed by atoms with Crippen molar-refractivity contribution in [2.24, 2.45) is 0 Å². The summed E-state index contributed by atoms with van der Waals surface area (Å²) < 4.78 is 0. The molecule has 0 atom stereocenters. The summed E-state index contributed by atoms with van der Waals surface area (Å²) in [6, 6.07) is 10.7. The lowest BCUT2D eigenvalue weighted by Crippen LogP contribution is -2.26. The van der Waals surface area contributed by atoms with Crippen molar-refractivity contribution in [3.63, 3.8) is 0 Å². The molecule has 1 spiro atoms. The van der Waals surface area contributed by atoms with Crippen molar-refractivity contribution in [2.45, 2.75) is 56.8 Å². The number of phenolic OH excluding ortho intramolecular Hbond substituents is 7. The molecule has 0 heterocycles. The Hall–Kier alpha value is -3.74. The van der Waals surface area contributed by atoms with Crippen molar-refractivity contribution in [1.29, 1.82) is 0 Å².